The zero-order valence-corrected chi connectivity index (χ0v) is 13.9. The highest BCUT2D eigenvalue weighted by molar-refractivity contribution is 5.81. The van der Waals surface area contributed by atoms with Crippen LogP contribution in [-0.4, -0.2) is 33.4 Å². The quantitative estimate of drug-likeness (QED) is 0.813. The molecule has 124 valence electrons. The maximum Gasteiger partial charge on any atom is 0.242 e. The topological polar surface area (TPSA) is 38.1 Å². The van der Waals surface area contributed by atoms with Crippen molar-refractivity contribution in [2.75, 3.05) is 13.1 Å². The maximum absolute atomic E-state index is 13.0. The Bertz CT molecular complexity index is 801. The largest absolute Gasteiger partial charge is 0.341 e. The number of carbonyl (C=O) groups excluding carboxylic acids is 1. The summed E-state index contributed by atoms with van der Waals surface area (Å²) < 4.78 is 2.18. The van der Waals surface area contributed by atoms with Gasteiger partial charge >= 0.3 is 0 Å². The van der Waals surface area contributed by atoms with Crippen LogP contribution in [0, 0.1) is 11.8 Å². The molecule has 2 aromatic rings. The first-order valence-corrected chi connectivity index (χ1v) is 9.17. The molecule has 2 aliphatic carbocycles. The van der Waals surface area contributed by atoms with Crippen LogP contribution < -0.4 is 0 Å². The summed E-state index contributed by atoms with van der Waals surface area (Å²) in [5, 5.41) is 0. The van der Waals surface area contributed by atoms with Crippen molar-refractivity contribution in [1.29, 1.82) is 0 Å². The maximum atomic E-state index is 13.0. The fourth-order valence-corrected chi connectivity index (χ4v) is 4.37. The van der Waals surface area contributed by atoms with E-state index in [2.05, 4.69) is 33.8 Å². The van der Waals surface area contributed by atoms with E-state index >= 15 is 0 Å². The van der Waals surface area contributed by atoms with Gasteiger partial charge in [0, 0.05) is 19.0 Å². The van der Waals surface area contributed by atoms with Gasteiger partial charge in [0.25, 0.3) is 0 Å². The summed E-state index contributed by atoms with van der Waals surface area (Å²) in [6, 6.07) is 8.21. The van der Waals surface area contributed by atoms with Gasteiger partial charge in [0.15, 0.2) is 0 Å². The first-order valence-electron chi connectivity index (χ1n) is 9.17. The van der Waals surface area contributed by atoms with Gasteiger partial charge in [-0.1, -0.05) is 24.3 Å². The standard InChI is InChI=1S/C20H23N3O/c24-19(22-11-15-5-1-2-6-16(15)12-22)13-23-18-8-4-3-7-17(18)21-20(23)14-9-10-14/h1-4,7-8,14-16H,5-6,9-13H2. The molecule has 2 fully saturated rings. The van der Waals surface area contributed by atoms with Crippen LogP contribution in [0.1, 0.15) is 37.4 Å². The van der Waals surface area contributed by atoms with Crippen LogP contribution >= 0.6 is 0 Å². The lowest BCUT2D eigenvalue weighted by Crippen LogP contribution is -2.32. The molecule has 1 saturated carbocycles. The van der Waals surface area contributed by atoms with Gasteiger partial charge in [-0.3, -0.25) is 4.79 Å². The highest BCUT2D eigenvalue weighted by Crippen LogP contribution is 2.41. The van der Waals surface area contributed by atoms with Crippen LogP contribution in [0.2, 0.25) is 0 Å². The molecule has 1 saturated heterocycles. The fraction of sp³-hybridized carbons (Fsp3) is 0.500. The minimum absolute atomic E-state index is 0.259. The molecule has 5 rings (SSSR count). The Hall–Kier alpha value is -2.10. The van der Waals surface area contributed by atoms with Gasteiger partial charge < -0.3 is 9.47 Å². The average Bonchev–Trinajstić information content (AvgIpc) is 3.25. The molecule has 0 radical (unpaired) electrons. The Morgan fingerprint density at radius 1 is 1.08 bits per heavy atom. The number of hydrogen-bond acceptors (Lipinski definition) is 2. The first kappa shape index (κ1) is 14.3. The highest BCUT2D eigenvalue weighted by Gasteiger charge is 2.36. The van der Waals surface area contributed by atoms with Crippen LogP contribution in [0.25, 0.3) is 11.0 Å². The molecule has 1 amide bonds. The number of amides is 1. The monoisotopic (exact) mass is 321 g/mol. The van der Waals surface area contributed by atoms with E-state index < -0.39 is 0 Å². The second-order valence-corrected chi connectivity index (χ2v) is 7.58. The Balaban J connectivity index is 1.40. The number of rotatable bonds is 3. The Kier molecular flexibility index (Phi) is 3.25. The molecule has 3 aliphatic rings. The van der Waals surface area contributed by atoms with Crippen LogP contribution in [0.4, 0.5) is 0 Å². The van der Waals surface area contributed by atoms with Crippen molar-refractivity contribution in [3.8, 4) is 0 Å². The van der Waals surface area contributed by atoms with Gasteiger partial charge in [-0.15, -0.1) is 0 Å². The predicted molar refractivity (Wildman–Crippen MR) is 93.6 cm³/mol. The van der Waals surface area contributed by atoms with E-state index in [4.69, 9.17) is 4.98 Å². The lowest BCUT2D eigenvalue weighted by Gasteiger charge is -2.18. The van der Waals surface area contributed by atoms with E-state index in [1.165, 1.54) is 12.8 Å². The van der Waals surface area contributed by atoms with Crippen molar-refractivity contribution < 1.29 is 4.79 Å². The Labute approximate surface area is 142 Å². The SMILES string of the molecule is O=C(Cn1c(C2CC2)nc2ccccc21)N1CC2CC=CCC2C1. The van der Waals surface area contributed by atoms with Gasteiger partial charge in [0.2, 0.25) is 5.91 Å². The minimum atomic E-state index is 0.259. The average molecular weight is 321 g/mol. The van der Waals surface area contributed by atoms with Crippen molar-refractivity contribution in [2.45, 2.75) is 38.1 Å². The number of fused-ring (bicyclic) bond motifs is 2. The smallest absolute Gasteiger partial charge is 0.242 e. The second kappa shape index (κ2) is 5.47. The molecule has 4 nitrogen and oxygen atoms in total. The molecule has 4 heteroatoms. The van der Waals surface area contributed by atoms with Gasteiger partial charge in [-0.05, 0) is 49.7 Å². The molecule has 2 atom stereocenters. The zero-order chi connectivity index (χ0) is 16.1. The molecular weight excluding hydrogens is 298 g/mol. The van der Waals surface area contributed by atoms with Crippen LogP contribution in [-0.2, 0) is 11.3 Å². The van der Waals surface area contributed by atoms with Gasteiger partial charge in [0.1, 0.15) is 12.4 Å². The summed E-state index contributed by atoms with van der Waals surface area (Å²) in [7, 11) is 0. The van der Waals surface area contributed by atoms with E-state index in [1.807, 2.05) is 12.1 Å². The molecule has 0 spiro atoms. The Morgan fingerprint density at radius 3 is 2.50 bits per heavy atom. The molecule has 24 heavy (non-hydrogen) atoms. The number of likely N-dealkylation sites (tertiary alicyclic amines) is 1. The molecule has 2 unspecified atom stereocenters. The lowest BCUT2D eigenvalue weighted by atomic mass is 9.86. The van der Waals surface area contributed by atoms with Crippen LogP contribution in [0.3, 0.4) is 0 Å². The summed E-state index contributed by atoms with van der Waals surface area (Å²) >= 11 is 0. The fourth-order valence-electron chi connectivity index (χ4n) is 4.37. The van der Waals surface area contributed by atoms with E-state index in [0.717, 1.165) is 42.8 Å². The lowest BCUT2D eigenvalue weighted by molar-refractivity contribution is -0.131. The molecular formula is C20H23N3O. The summed E-state index contributed by atoms with van der Waals surface area (Å²) in [6.45, 7) is 2.30. The minimum Gasteiger partial charge on any atom is -0.341 e. The van der Waals surface area contributed by atoms with Crippen molar-refractivity contribution in [3.05, 3.63) is 42.2 Å². The van der Waals surface area contributed by atoms with Crippen molar-refractivity contribution in [3.63, 3.8) is 0 Å². The van der Waals surface area contributed by atoms with E-state index in [0.29, 0.717) is 24.3 Å². The molecule has 2 heterocycles. The van der Waals surface area contributed by atoms with Gasteiger partial charge in [0.05, 0.1) is 11.0 Å². The number of carbonyl (C=O) groups is 1. The van der Waals surface area contributed by atoms with Crippen molar-refractivity contribution in [1.82, 2.24) is 14.5 Å². The normalized spacial score (nSPS) is 26.1. The number of nitrogens with zero attached hydrogens (tertiary/aromatic N) is 3. The first-order chi connectivity index (χ1) is 11.8. The molecule has 1 aromatic carbocycles. The summed E-state index contributed by atoms with van der Waals surface area (Å²) in [5.74, 6) is 3.26. The second-order valence-electron chi connectivity index (χ2n) is 7.58. The third-order valence-electron chi connectivity index (χ3n) is 5.89. The summed E-state index contributed by atoms with van der Waals surface area (Å²) in [6.07, 6.45) is 9.24. The number of aromatic nitrogens is 2. The number of allylic oxidation sites excluding steroid dienone is 2. The van der Waals surface area contributed by atoms with Crippen LogP contribution in [0.5, 0.6) is 0 Å². The summed E-state index contributed by atoms with van der Waals surface area (Å²) in [4.78, 5) is 19.9. The van der Waals surface area contributed by atoms with E-state index in [9.17, 15) is 4.79 Å². The van der Waals surface area contributed by atoms with Crippen LogP contribution in [0.15, 0.2) is 36.4 Å². The third-order valence-corrected chi connectivity index (χ3v) is 5.89. The van der Waals surface area contributed by atoms with E-state index in [-0.39, 0.29) is 5.91 Å². The predicted octanol–water partition coefficient (Wildman–Crippen LogP) is 3.34. The third kappa shape index (κ3) is 2.36. The molecule has 1 aliphatic heterocycles. The molecule has 1 aromatic heterocycles. The number of benzene rings is 1. The number of para-hydroxylation sites is 2. The summed E-state index contributed by atoms with van der Waals surface area (Å²) in [5.41, 5.74) is 2.12. The van der Waals surface area contributed by atoms with Crippen molar-refractivity contribution >= 4 is 16.9 Å². The van der Waals surface area contributed by atoms with E-state index in [1.54, 1.807) is 0 Å². The Morgan fingerprint density at radius 2 is 1.79 bits per heavy atom. The highest BCUT2D eigenvalue weighted by atomic mass is 16.2. The number of hydrogen-bond donors (Lipinski definition) is 0. The number of imidazole rings is 1. The van der Waals surface area contributed by atoms with Gasteiger partial charge in [-0.2, -0.15) is 0 Å². The van der Waals surface area contributed by atoms with Crippen molar-refractivity contribution in [2.24, 2.45) is 11.8 Å². The zero-order valence-electron chi connectivity index (χ0n) is 13.9. The molecule has 0 N–H and O–H groups in total. The molecule has 0 bridgehead atoms. The van der Waals surface area contributed by atoms with Gasteiger partial charge in [-0.25, -0.2) is 4.98 Å².